The molecule has 6 aromatic carbocycles. The van der Waals surface area contributed by atoms with Gasteiger partial charge in [-0.25, -0.2) is 43.9 Å². The quantitative estimate of drug-likeness (QED) is 0.0323. The Balaban J connectivity index is 0.000000141. The summed E-state index contributed by atoms with van der Waals surface area (Å²) < 4.78 is 23.7. The first-order chi connectivity index (χ1) is 51.7. The largest absolute Gasteiger partial charge is 0.457 e. The molecule has 0 aliphatic heterocycles. The molecule has 12 aromatic rings. The zero-order valence-electron chi connectivity index (χ0n) is 59.0. The zero-order valence-corrected chi connectivity index (χ0v) is 59.0. The van der Waals surface area contributed by atoms with Gasteiger partial charge in [-0.2, -0.15) is 15.3 Å². The van der Waals surface area contributed by atoms with Gasteiger partial charge >= 0.3 is 0 Å². The van der Waals surface area contributed by atoms with E-state index in [1.165, 1.54) is 25.1 Å². The highest BCUT2D eigenvalue weighted by molar-refractivity contribution is 6.00. The fourth-order valence-corrected chi connectivity index (χ4v) is 13.8. The Morgan fingerprint density at radius 1 is 0.453 bits per heavy atom. The smallest absolute Gasteiger partial charge is 0.295 e. The lowest BCUT2D eigenvalue weighted by molar-refractivity contribution is -0.118. The van der Waals surface area contributed by atoms with Crippen LogP contribution in [0.25, 0.3) is 66.9 Å². The number of nitrogens with two attached hydrogens (primary N) is 3. The maximum atomic E-state index is 12.3. The number of amides is 3. The number of benzene rings is 6. The average Bonchev–Trinajstić information content (AvgIpc) is 1.62. The standard InChI is InChI=1S/C29H33N7O2.C26H26N6O2.C26H24N6O2/c1-35(2)18-6-9-25(37)33-21-12-14-22(15-13-21)36-29-26(28(30)31-19-32-29)27(34-36)20-10-16-24(17-11-20)38-23-7-4-3-5-8-23;2*1-2-22(33)30-18-10-12-19(13-11-18)32-26-23(25(27)28-16-29-26)24(31-32)17-8-14-21(15-9-17)34-20-6-4-3-5-7-20/h3-11,16-17,19,21-22H,12-15,18H2,1-2H3,(H,33,37)(H2,30,31,32);2-9,14-16,18-19H,1,10-13H2,(H,30,33)(H2,27,28,29);1,3-9,14-16,18-19H,10-13H2,(H,30,33)(H2,27,28,29)/b9-6+;;. The third kappa shape index (κ3) is 17.3. The van der Waals surface area contributed by atoms with Crippen molar-refractivity contribution in [2.75, 3.05) is 37.8 Å². The van der Waals surface area contributed by atoms with Crippen LogP contribution in [0.3, 0.4) is 0 Å². The van der Waals surface area contributed by atoms with Crippen LogP contribution in [0.15, 0.2) is 208 Å². The van der Waals surface area contributed by atoms with E-state index < -0.39 is 0 Å². The topological polar surface area (TPSA) is 327 Å². The van der Waals surface area contributed by atoms with Crippen LogP contribution in [0.1, 0.15) is 95.2 Å². The van der Waals surface area contributed by atoms with E-state index in [2.05, 4.69) is 58.4 Å². The molecular formula is C81H83N19O6. The molecule has 0 radical (unpaired) electrons. The molecule has 3 aliphatic rings. The molecule has 3 fully saturated rings. The number of likely N-dealkylation sites (N-methyl/N-ethyl adjacent to an activating group) is 1. The molecule has 3 saturated carbocycles. The number of carbonyl (C=O) groups is 3. The van der Waals surface area contributed by atoms with Gasteiger partial charge in [0.2, 0.25) is 11.8 Å². The fourth-order valence-electron chi connectivity index (χ4n) is 13.8. The van der Waals surface area contributed by atoms with E-state index in [1.807, 2.05) is 203 Å². The first-order valence-corrected chi connectivity index (χ1v) is 35.5. The van der Waals surface area contributed by atoms with Crippen molar-refractivity contribution in [2.24, 2.45) is 0 Å². The number of terminal acetylenes is 1. The number of fused-ring (bicyclic) bond motifs is 3. The Kier molecular flexibility index (Phi) is 22.6. The number of nitrogens with one attached hydrogen (secondary N) is 3. The van der Waals surface area contributed by atoms with Crippen molar-refractivity contribution < 1.29 is 28.6 Å². The summed E-state index contributed by atoms with van der Waals surface area (Å²) in [5.41, 5.74) is 26.0. The Morgan fingerprint density at radius 3 is 1.06 bits per heavy atom. The van der Waals surface area contributed by atoms with E-state index >= 15 is 0 Å². The van der Waals surface area contributed by atoms with E-state index in [9.17, 15) is 14.4 Å². The summed E-state index contributed by atoms with van der Waals surface area (Å²) in [7, 11) is 3.95. The molecule has 9 N–H and O–H groups in total. The molecule has 0 saturated heterocycles. The normalized spacial score (nSPS) is 17.8. The van der Waals surface area contributed by atoms with Gasteiger partial charge in [-0.3, -0.25) is 14.4 Å². The van der Waals surface area contributed by atoms with Crippen molar-refractivity contribution in [3.63, 3.8) is 0 Å². The molecule has 15 rings (SSSR count). The highest BCUT2D eigenvalue weighted by Gasteiger charge is 2.31. The second kappa shape index (κ2) is 33.5. The van der Waals surface area contributed by atoms with E-state index in [-0.39, 0.29) is 54.0 Å². The SMILES string of the molecule is C#CC(=O)NC1CCC(n2nc(-c3ccc(Oc4ccccc4)cc3)c3c(N)ncnc32)CC1.C=CC(=O)NC1CCC(n2nc(-c3ccc(Oc4ccccc4)cc3)c3c(N)ncnc32)CC1.CN(C)C/C=C/C(=O)NC1CCC(n2nc(-c3ccc(Oc4ccccc4)cc3)c3c(N)ncnc32)CC1. The average molecular weight is 1420 g/mol. The highest BCUT2D eigenvalue weighted by Crippen LogP contribution is 2.41. The Morgan fingerprint density at radius 2 is 0.755 bits per heavy atom. The van der Waals surface area contributed by atoms with E-state index in [1.54, 1.807) is 6.08 Å². The van der Waals surface area contributed by atoms with Gasteiger partial charge in [-0.1, -0.05) is 67.3 Å². The molecule has 0 spiro atoms. The second-order valence-corrected chi connectivity index (χ2v) is 26.6. The molecule has 3 amide bonds. The number of nitrogens with zero attached hydrogens (tertiary/aromatic N) is 13. The van der Waals surface area contributed by atoms with Crippen LogP contribution in [0.4, 0.5) is 17.5 Å². The maximum absolute atomic E-state index is 12.3. The van der Waals surface area contributed by atoms with Crippen molar-refractivity contribution in [1.29, 1.82) is 0 Å². The predicted molar refractivity (Wildman–Crippen MR) is 410 cm³/mol. The summed E-state index contributed by atoms with van der Waals surface area (Å²) in [6.45, 7) is 4.27. The first-order valence-electron chi connectivity index (χ1n) is 35.5. The second-order valence-electron chi connectivity index (χ2n) is 26.6. The summed E-state index contributed by atoms with van der Waals surface area (Å²) in [6.07, 6.45) is 24.8. The minimum atomic E-state index is -0.365. The van der Waals surface area contributed by atoms with Gasteiger partial charge in [0.15, 0.2) is 16.9 Å². The molecule has 0 unspecified atom stereocenters. The van der Waals surface area contributed by atoms with Crippen LogP contribution >= 0.6 is 0 Å². The molecule has 6 aromatic heterocycles. The van der Waals surface area contributed by atoms with Crippen LogP contribution in [0.5, 0.6) is 34.5 Å². The predicted octanol–water partition coefficient (Wildman–Crippen LogP) is 13.3. The van der Waals surface area contributed by atoms with E-state index in [0.717, 1.165) is 179 Å². The summed E-state index contributed by atoms with van der Waals surface area (Å²) >= 11 is 0. The number of carbonyl (C=O) groups excluding carboxylic acids is 3. The first kappa shape index (κ1) is 71.6. The lowest BCUT2D eigenvalue weighted by atomic mass is 9.91. The number of hydrogen-bond donors (Lipinski definition) is 6. The number of para-hydroxylation sites is 3. The molecule has 25 nitrogen and oxygen atoms in total. The zero-order chi connectivity index (χ0) is 73.5. The van der Waals surface area contributed by atoms with E-state index in [4.69, 9.17) is 53.1 Å². The lowest BCUT2D eigenvalue weighted by Gasteiger charge is -2.29. The van der Waals surface area contributed by atoms with Gasteiger partial charge in [0.1, 0.15) is 88.0 Å². The Bertz CT molecular complexity index is 5080. The van der Waals surface area contributed by atoms with Crippen LogP contribution in [-0.2, 0) is 14.4 Å². The summed E-state index contributed by atoms with van der Waals surface area (Å²) in [5, 5.41) is 26.1. The molecule has 0 bridgehead atoms. The number of rotatable bonds is 19. The lowest BCUT2D eigenvalue weighted by Crippen LogP contribution is -2.37. The number of nitrogen functional groups attached to an aromatic ring is 3. The molecule has 106 heavy (non-hydrogen) atoms. The summed E-state index contributed by atoms with van der Waals surface area (Å²) in [5.74, 6) is 7.34. The van der Waals surface area contributed by atoms with Gasteiger partial charge < -0.3 is 52.3 Å². The third-order valence-corrected chi connectivity index (χ3v) is 19.1. The van der Waals surface area contributed by atoms with Gasteiger partial charge in [0, 0.05) is 47.4 Å². The van der Waals surface area contributed by atoms with Gasteiger partial charge in [-0.15, -0.1) is 6.42 Å². The summed E-state index contributed by atoms with van der Waals surface area (Å²) in [6, 6.07) is 53.2. The van der Waals surface area contributed by atoms with Crippen LogP contribution in [0, 0.1) is 12.3 Å². The van der Waals surface area contributed by atoms with E-state index in [0.29, 0.717) is 23.1 Å². The molecule has 0 atom stereocenters. The van der Waals surface area contributed by atoms with Crippen molar-refractivity contribution in [1.82, 2.24) is 80.1 Å². The molecular weight excluding hydrogens is 1340 g/mol. The molecule has 538 valence electrons. The monoisotopic (exact) mass is 1420 g/mol. The number of ether oxygens (including phenoxy) is 3. The highest BCUT2D eigenvalue weighted by atomic mass is 16.5. The van der Waals surface area contributed by atoms with Gasteiger partial charge in [0.25, 0.3) is 5.91 Å². The number of aromatic nitrogens is 12. The summed E-state index contributed by atoms with van der Waals surface area (Å²) in [4.78, 5) is 63.7. The number of anilines is 3. The van der Waals surface area contributed by atoms with Crippen molar-refractivity contribution in [3.05, 3.63) is 208 Å². The minimum absolute atomic E-state index is 0.0395. The molecule has 6 heterocycles. The number of hydrogen-bond acceptors (Lipinski definition) is 19. The van der Waals surface area contributed by atoms with Crippen LogP contribution in [-0.4, -0.2) is 121 Å². The van der Waals surface area contributed by atoms with Gasteiger partial charge in [-0.05, 0) is 212 Å². The molecule has 3 aliphatic carbocycles. The van der Waals surface area contributed by atoms with Crippen molar-refractivity contribution in [2.45, 2.75) is 113 Å². The third-order valence-electron chi connectivity index (χ3n) is 19.1. The molecule has 25 heteroatoms. The Labute approximate surface area is 613 Å². The van der Waals surface area contributed by atoms with Gasteiger partial charge in [0.05, 0.1) is 34.3 Å². The fraction of sp³-hybridized carbons (Fsp3) is 0.259. The minimum Gasteiger partial charge on any atom is -0.457 e. The maximum Gasteiger partial charge on any atom is 0.295 e. The van der Waals surface area contributed by atoms with Crippen LogP contribution < -0.4 is 47.4 Å². The Hall–Kier alpha value is -12.8. The van der Waals surface area contributed by atoms with Crippen molar-refractivity contribution in [3.8, 4) is 80.6 Å². The van der Waals surface area contributed by atoms with Crippen molar-refractivity contribution >= 4 is 68.3 Å². The van der Waals surface area contributed by atoms with Crippen LogP contribution in [0.2, 0.25) is 0 Å².